The van der Waals surface area contributed by atoms with Crippen LogP contribution in [0.25, 0.3) is 11.3 Å². The Bertz CT molecular complexity index is 1270. The molecule has 2 aromatic rings. The second-order valence-electron chi connectivity index (χ2n) is 10.7. The maximum absolute atomic E-state index is 14.4. The van der Waals surface area contributed by atoms with Gasteiger partial charge in [0.25, 0.3) is 11.8 Å². The van der Waals surface area contributed by atoms with E-state index in [1.807, 2.05) is 6.92 Å². The highest BCUT2D eigenvalue weighted by atomic mass is 19.4. The molecular formula is C27H33F3N4O6. The van der Waals surface area contributed by atoms with Crippen LogP contribution in [-0.2, 0) is 38.2 Å². The molecule has 1 N–H and O–H groups in total. The molecular weight excluding hydrogens is 533 g/mol. The summed E-state index contributed by atoms with van der Waals surface area (Å²) >= 11 is 0. The van der Waals surface area contributed by atoms with Crippen molar-refractivity contribution < 1.29 is 41.4 Å². The average molecular weight is 567 g/mol. The van der Waals surface area contributed by atoms with Gasteiger partial charge < -0.3 is 24.1 Å². The van der Waals surface area contributed by atoms with Crippen LogP contribution >= 0.6 is 0 Å². The molecule has 218 valence electrons. The van der Waals surface area contributed by atoms with Gasteiger partial charge in [-0.25, -0.2) is 0 Å². The zero-order chi connectivity index (χ0) is 28.6. The van der Waals surface area contributed by atoms with E-state index in [9.17, 15) is 27.6 Å². The molecule has 2 atom stereocenters. The molecule has 4 heterocycles. The van der Waals surface area contributed by atoms with Crippen LogP contribution in [0.5, 0.6) is 0 Å². The van der Waals surface area contributed by atoms with Crippen molar-refractivity contribution in [2.24, 2.45) is 5.92 Å². The number of aromatic nitrogens is 2. The molecule has 0 spiro atoms. The zero-order valence-electron chi connectivity index (χ0n) is 22.5. The summed E-state index contributed by atoms with van der Waals surface area (Å²) in [7, 11) is 0. The smallest absolute Gasteiger partial charge is 0.420 e. The molecule has 0 aromatic carbocycles. The lowest BCUT2D eigenvalue weighted by Crippen LogP contribution is -2.42. The first-order valence-electron chi connectivity index (χ1n) is 13.7. The van der Waals surface area contributed by atoms with Gasteiger partial charge in [0.2, 0.25) is 11.5 Å². The highest BCUT2D eigenvalue weighted by Crippen LogP contribution is 2.48. The number of ketones is 1. The Labute approximate surface area is 229 Å². The van der Waals surface area contributed by atoms with E-state index in [2.05, 4.69) is 10.4 Å². The van der Waals surface area contributed by atoms with Gasteiger partial charge in [0, 0.05) is 50.8 Å². The molecule has 3 aliphatic rings. The number of hydrogen-bond acceptors (Lipinski definition) is 7. The number of halogens is 3. The molecule has 2 aromatic heterocycles. The zero-order valence-corrected chi connectivity index (χ0v) is 22.5. The number of rotatable bonds is 7. The lowest BCUT2D eigenvalue weighted by atomic mass is 9.86. The van der Waals surface area contributed by atoms with Crippen molar-refractivity contribution in [2.45, 2.75) is 64.3 Å². The fraction of sp³-hybridized carbons (Fsp3) is 0.630. The van der Waals surface area contributed by atoms with Gasteiger partial charge in [-0.05, 0) is 24.7 Å². The third-order valence-electron chi connectivity index (χ3n) is 7.80. The van der Waals surface area contributed by atoms with Gasteiger partial charge in [-0.3, -0.25) is 19.1 Å². The standard InChI is InChI=1S/C27H33F3N4O6/c1-3-19(35)26(37)33-6-4-16(5-7-33)12-34-13-18-15(2)10-20-21(23(18)32-34)22(27(28,29)30)24(40-20)25(36)31-11-17-14-38-8-9-39-17/h13,15-17H,3-12,14H2,1-2H3,(H,31,36)/t15?,17-/m1/s1. The summed E-state index contributed by atoms with van der Waals surface area (Å²) < 4.78 is 61.2. The Kier molecular flexibility index (Phi) is 8.05. The van der Waals surface area contributed by atoms with Crippen molar-refractivity contribution in [3.8, 4) is 11.3 Å². The third kappa shape index (κ3) is 5.67. The average Bonchev–Trinajstić information content (AvgIpc) is 3.54. The number of alkyl halides is 3. The number of Topliss-reactive ketones (excluding diaryl/α,β-unsaturated/α-hetero) is 1. The van der Waals surface area contributed by atoms with E-state index < -0.39 is 41.2 Å². The van der Waals surface area contributed by atoms with Crippen LogP contribution in [0.3, 0.4) is 0 Å². The van der Waals surface area contributed by atoms with Gasteiger partial charge in [-0.15, -0.1) is 0 Å². The Morgan fingerprint density at radius 3 is 2.58 bits per heavy atom. The molecule has 0 saturated carbocycles. The number of nitrogens with one attached hydrogen (secondary N) is 1. The van der Waals surface area contributed by atoms with Gasteiger partial charge in [0.15, 0.2) is 0 Å². The van der Waals surface area contributed by atoms with Crippen LogP contribution in [0.15, 0.2) is 10.6 Å². The maximum atomic E-state index is 14.4. The molecule has 13 heteroatoms. The van der Waals surface area contributed by atoms with Crippen LogP contribution in [0, 0.1) is 5.92 Å². The summed E-state index contributed by atoms with van der Waals surface area (Å²) in [5, 5.41) is 7.05. The SMILES string of the molecule is CCC(=O)C(=O)N1CCC(Cn2cc3c(n2)-c2c(oc(C(=O)NC[C@@H]4COCCO4)c2C(F)(F)F)CC3C)CC1. The number of fused-ring (bicyclic) bond motifs is 3. The van der Waals surface area contributed by atoms with E-state index in [1.54, 1.807) is 22.7 Å². The lowest BCUT2D eigenvalue weighted by Gasteiger charge is -2.31. The second-order valence-corrected chi connectivity index (χ2v) is 10.7. The Morgan fingerprint density at radius 2 is 1.93 bits per heavy atom. The normalized spacial score (nSPS) is 21.6. The molecule has 2 fully saturated rings. The minimum Gasteiger partial charge on any atom is -0.455 e. The molecule has 2 amide bonds. The highest BCUT2D eigenvalue weighted by molar-refractivity contribution is 6.35. The molecule has 1 aliphatic carbocycles. The Balaban J connectivity index is 1.35. The Morgan fingerprint density at radius 1 is 1.18 bits per heavy atom. The summed E-state index contributed by atoms with van der Waals surface area (Å²) in [4.78, 5) is 38.4. The molecule has 0 radical (unpaired) electrons. The number of ether oxygens (including phenoxy) is 2. The minimum atomic E-state index is -4.84. The molecule has 2 aliphatic heterocycles. The number of piperidine rings is 1. The van der Waals surface area contributed by atoms with E-state index >= 15 is 0 Å². The van der Waals surface area contributed by atoms with Gasteiger partial charge >= 0.3 is 6.18 Å². The predicted molar refractivity (Wildman–Crippen MR) is 135 cm³/mol. The topological polar surface area (TPSA) is 116 Å². The number of nitrogens with zero attached hydrogens (tertiary/aromatic N) is 3. The number of amides is 2. The largest absolute Gasteiger partial charge is 0.455 e. The van der Waals surface area contributed by atoms with E-state index in [4.69, 9.17) is 13.9 Å². The van der Waals surface area contributed by atoms with Crippen molar-refractivity contribution in [1.82, 2.24) is 20.0 Å². The van der Waals surface area contributed by atoms with E-state index in [0.29, 0.717) is 51.3 Å². The summed E-state index contributed by atoms with van der Waals surface area (Å²) in [6, 6.07) is 0. The van der Waals surface area contributed by atoms with E-state index in [0.717, 1.165) is 0 Å². The van der Waals surface area contributed by atoms with Crippen molar-refractivity contribution >= 4 is 17.6 Å². The highest BCUT2D eigenvalue weighted by Gasteiger charge is 2.46. The number of hydrogen-bond donors (Lipinski definition) is 1. The first-order valence-corrected chi connectivity index (χ1v) is 13.7. The van der Waals surface area contributed by atoms with Gasteiger partial charge in [0.1, 0.15) is 11.3 Å². The summed E-state index contributed by atoms with van der Waals surface area (Å²) in [5.41, 5.74) is -0.458. The molecule has 0 bridgehead atoms. The molecule has 40 heavy (non-hydrogen) atoms. The van der Waals surface area contributed by atoms with Crippen LogP contribution in [0.1, 0.15) is 66.5 Å². The maximum Gasteiger partial charge on any atom is 0.420 e. The number of furan rings is 1. The van der Waals surface area contributed by atoms with Crippen LogP contribution in [0.4, 0.5) is 13.2 Å². The fourth-order valence-corrected chi connectivity index (χ4v) is 5.63. The summed E-state index contributed by atoms with van der Waals surface area (Å²) in [6.07, 6.45) is -1.83. The second kappa shape index (κ2) is 11.4. The molecule has 1 unspecified atom stereocenters. The number of carbonyl (C=O) groups excluding carboxylic acids is 3. The lowest BCUT2D eigenvalue weighted by molar-refractivity contribution is -0.145. The van der Waals surface area contributed by atoms with Crippen LogP contribution < -0.4 is 5.32 Å². The monoisotopic (exact) mass is 566 g/mol. The van der Waals surface area contributed by atoms with E-state index in [-0.39, 0.29) is 54.8 Å². The first kappa shape index (κ1) is 28.3. The van der Waals surface area contributed by atoms with Crippen molar-refractivity contribution in [3.63, 3.8) is 0 Å². The number of likely N-dealkylation sites (tertiary alicyclic amines) is 1. The van der Waals surface area contributed by atoms with Crippen LogP contribution in [-0.4, -0.2) is 77.8 Å². The Hall–Kier alpha value is -3.19. The third-order valence-corrected chi connectivity index (χ3v) is 7.80. The van der Waals surface area contributed by atoms with Crippen LogP contribution in [0.2, 0.25) is 0 Å². The van der Waals surface area contributed by atoms with Gasteiger partial charge in [-0.2, -0.15) is 18.3 Å². The quantitative estimate of drug-likeness (QED) is 0.512. The summed E-state index contributed by atoms with van der Waals surface area (Å²) in [6.45, 7) is 5.93. The van der Waals surface area contributed by atoms with E-state index in [1.165, 1.54) is 0 Å². The van der Waals surface area contributed by atoms with Crippen molar-refractivity contribution in [2.75, 3.05) is 39.5 Å². The van der Waals surface area contributed by atoms with Gasteiger partial charge in [0.05, 0.1) is 37.2 Å². The fourth-order valence-electron chi connectivity index (χ4n) is 5.63. The number of carbonyl (C=O) groups is 3. The molecule has 2 saturated heterocycles. The molecule has 10 nitrogen and oxygen atoms in total. The van der Waals surface area contributed by atoms with Crippen molar-refractivity contribution in [3.05, 3.63) is 28.8 Å². The minimum absolute atomic E-state index is 0.00516. The predicted octanol–water partition coefficient (Wildman–Crippen LogP) is 3.18. The van der Waals surface area contributed by atoms with Gasteiger partial charge in [-0.1, -0.05) is 13.8 Å². The molecule has 5 rings (SSSR count). The first-order chi connectivity index (χ1) is 19.1. The van der Waals surface area contributed by atoms with Crippen molar-refractivity contribution in [1.29, 1.82) is 0 Å². The summed E-state index contributed by atoms with van der Waals surface area (Å²) in [5.74, 6) is -2.53.